The molecule has 4 heterocycles. The summed E-state index contributed by atoms with van der Waals surface area (Å²) in [6.45, 7) is 5.64. The number of aliphatic hydroxyl groups excluding tert-OH is 1. The molecule has 23 heteroatoms. The van der Waals surface area contributed by atoms with Crippen molar-refractivity contribution in [1.82, 2.24) is 31.1 Å². The van der Waals surface area contributed by atoms with Crippen molar-refractivity contribution in [3.8, 4) is 17.2 Å². The molecule has 0 spiro atoms. The lowest BCUT2D eigenvalue weighted by molar-refractivity contribution is -0.256. The summed E-state index contributed by atoms with van der Waals surface area (Å²) in [5.41, 5.74) is -5.23. The lowest BCUT2D eigenvalue weighted by atomic mass is 9.44. The Bertz CT molecular complexity index is 2660. The number of methoxy groups -OCH3 is 2. The topological polar surface area (TPSA) is 310 Å². The zero-order valence-electron chi connectivity index (χ0n) is 40.2. The van der Waals surface area contributed by atoms with Crippen LogP contribution in [0, 0.1) is 0 Å². The molecule has 3 saturated heterocycles. The standard InChI is InChI=1S/C49H58N6O17/c1-21(50-29(56)11-12-55-30(57)9-10-31(55)58)42(63)51-22(2)43(64)52-47-18-48(19-47,20-47)53-46(65)49(66)16-25-34(40(62)36-35(38(25)60)37(59)24-7-6-8-27(67-4)33(24)39(36)61)28(17-49)71-32-15-26-41(23(3)70-32)72-44-45(68-5)69-14-13-54(26)44/h6-10,21-23,26,28,32,41-42,44-45,51,60,62-63,66H,11-20H2,1-5H3,(H,50,56)(H,52,64)(H,53,65)/t21-,22-,23-,26-,28-,32-,41+,42?,44+,45-,47?,48?,49-/m0/s1. The fourth-order valence-electron chi connectivity index (χ4n) is 12.0. The Kier molecular flexibility index (Phi) is 12.6. The molecular formula is C49H58N6O17. The third-order valence-corrected chi connectivity index (χ3v) is 15.5. The van der Waals surface area contributed by atoms with Crippen molar-refractivity contribution in [3.63, 3.8) is 0 Å². The van der Waals surface area contributed by atoms with Crippen LogP contribution in [-0.2, 0) is 54.1 Å². The Hall–Kier alpha value is -5.89. The molecule has 2 aromatic rings. The predicted molar refractivity (Wildman–Crippen MR) is 244 cm³/mol. The summed E-state index contributed by atoms with van der Waals surface area (Å²) in [7, 11) is 2.86. The quantitative estimate of drug-likeness (QED) is 0.0524. The molecule has 5 amide bonds. The van der Waals surface area contributed by atoms with E-state index >= 15 is 0 Å². The number of aliphatic hydroxyl groups is 2. The Morgan fingerprint density at radius 2 is 1.62 bits per heavy atom. The second-order valence-electron chi connectivity index (χ2n) is 20.3. The van der Waals surface area contributed by atoms with Crippen LogP contribution in [0.25, 0.3) is 0 Å². The van der Waals surface area contributed by atoms with E-state index in [1.54, 1.807) is 0 Å². The summed E-state index contributed by atoms with van der Waals surface area (Å²) in [5, 5.41) is 58.9. The van der Waals surface area contributed by atoms with Gasteiger partial charge in [-0.3, -0.25) is 48.7 Å². The van der Waals surface area contributed by atoms with Gasteiger partial charge in [0.2, 0.25) is 17.6 Å². The van der Waals surface area contributed by atoms with Gasteiger partial charge in [-0.25, -0.2) is 0 Å². The van der Waals surface area contributed by atoms with E-state index in [-0.39, 0.29) is 53.4 Å². The smallest absolute Gasteiger partial charge is 0.253 e. The van der Waals surface area contributed by atoms with E-state index in [2.05, 4.69) is 26.2 Å². The Balaban J connectivity index is 0.834. The lowest BCUT2D eigenvalue weighted by Crippen LogP contribution is -2.85. The third kappa shape index (κ3) is 8.23. The maximum atomic E-state index is 14.5. The van der Waals surface area contributed by atoms with Gasteiger partial charge >= 0.3 is 0 Å². The highest BCUT2D eigenvalue weighted by Gasteiger charge is 2.70. The minimum Gasteiger partial charge on any atom is -0.507 e. The molecule has 5 aliphatic carbocycles. The highest BCUT2D eigenvalue weighted by Crippen LogP contribution is 2.61. The van der Waals surface area contributed by atoms with Gasteiger partial charge in [0.05, 0.1) is 54.7 Å². The maximum absolute atomic E-state index is 14.5. The van der Waals surface area contributed by atoms with Gasteiger partial charge in [0.15, 0.2) is 24.6 Å². The number of amides is 5. The molecule has 2 bridgehead atoms. The van der Waals surface area contributed by atoms with Crippen molar-refractivity contribution in [3.05, 3.63) is 63.7 Å². The van der Waals surface area contributed by atoms with Crippen molar-refractivity contribution >= 4 is 41.1 Å². The molecule has 11 atom stereocenters. The molecule has 4 aliphatic heterocycles. The molecule has 1 unspecified atom stereocenters. The van der Waals surface area contributed by atoms with Crippen LogP contribution in [-0.4, -0.2) is 177 Å². The Morgan fingerprint density at radius 3 is 2.32 bits per heavy atom. The number of ketones is 2. The number of carbonyl (C=O) groups is 7. The fraction of sp³-hybridized carbons (Fsp3) is 0.571. The number of aromatic hydroxyl groups is 2. The van der Waals surface area contributed by atoms with Gasteiger partial charge < -0.3 is 64.8 Å². The minimum atomic E-state index is -2.31. The largest absolute Gasteiger partial charge is 0.507 e. The highest BCUT2D eigenvalue weighted by atomic mass is 16.7. The number of nitrogens with zero attached hydrogens (tertiary/aromatic N) is 2. The molecule has 0 radical (unpaired) electrons. The van der Waals surface area contributed by atoms with Crippen molar-refractivity contribution in [2.45, 2.75) is 144 Å². The van der Waals surface area contributed by atoms with Crippen molar-refractivity contribution in [2.24, 2.45) is 0 Å². The molecular weight excluding hydrogens is 945 g/mol. The average molecular weight is 1000 g/mol. The van der Waals surface area contributed by atoms with Crippen molar-refractivity contribution in [1.29, 1.82) is 0 Å². The SMILES string of the molecule is COc1cccc2c1C(=O)c1c(O)c3c(c(O)c1C2=O)C[C@@](O)(C(=O)NC12CC(NC(=O)[C@H](C)NC(O)[C@H](C)NC(=O)CCN4C(=O)C=CC4=O)(C1)C2)C[C@@H]3O[C@H]1C[C@H]2[C@H](O[C@@H]3[C@@H](OC)OCCN32)[C@H](C)O1. The Morgan fingerprint density at radius 1 is 0.931 bits per heavy atom. The number of hydrogen-bond donors (Lipinski definition) is 8. The number of fused-ring (bicyclic) bond motifs is 6. The molecule has 8 N–H and O–H groups in total. The predicted octanol–water partition coefficient (Wildman–Crippen LogP) is -0.826. The molecule has 3 saturated carbocycles. The van der Waals surface area contributed by atoms with Crippen LogP contribution in [0.2, 0.25) is 0 Å². The fourth-order valence-corrected chi connectivity index (χ4v) is 12.0. The molecule has 0 aromatic heterocycles. The minimum absolute atomic E-state index is 0.0694. The molecule has 9 aliphatic rings. The van der Waals surface area contributed by atoms with E-state index < -0.39 is 149 Å². The number of morpholine rings is 1. The summed E-state index contributed by atoms with van der Waals surface area (Å²) in [5.74, 6) is -5.68. The number of phenolic OH excluding ortho intramolecular Hbond substituents is 2. The number of benzene rings is 2. The summed E-state index contributed by atoms with van der Waals surface area (Å²) < 4.78 is 36.1. The zero-order valence-corrected chi connectivity index (χ0v) is 40.2. The first kappa shape index (κ1) is 49.7. The van der Waals surface area contributed by atoms with Crippen molar-refractivity contribution < 1.29 is 82.4 Å². The van der Waals surface area contributed by atoms with Gasteiger partial charge in [-0.2, -0.15) is 0 Å². The van der Waals surface area contributed by atoms with Crippen LogP contribution < -0.4 is 26.0 Å². The van der Waals surface area contributed by atoms with Gasteiger partial charge in [-0.1, -0.05) is 12.1 Å². The molecule has 2 aromatic carbocycles. The number of carbonyl (C=O) groups excluding carboxylic acids is 7. The van der Waals surface area contributed by atoms with Crippen LogP contribution >= 0.6 is 0 Å². The van der Waals surface area contributed by atoms with Crippen LogP contribution in [0.1, 0.15) is 108 Å². The van der Waals surface area contributed by atoms with E-state index in [0.29, 0.717) is 32.4 Å². The van der Waals surface area contributed by atoms with Gasteiger partial charge in [0, 0.05) is 91.8 Å². The molecule has 386 valence electrons. The average Bonchev–Trinajstić information content (AvgIpc) is 3.87. The van der Waals surface area contributed by atoms with Gasteiger partial charge in [-0.05, 0) is 46.1 Å². The first-order valence-corrected chi connectivity index (χ1v) is 24.1. The van der Waals surface area contributed by atoms with E-state index in [9.17, 15) is 54.0 Å². The van der Waals surface area contributed by atoms with E-state index in [4.69, 9.17) is 28.4 Å². The van der Waals surface area contributed by atoms with Gasteiger partial charge in [0.25, 0.3) is 17.7 Å². The second kappa shape index (κ2) is 18.2. The van der Waals surface area contributed by atoms with Gasteiger partial charge in [0.1, 0.15) is 35.2 Å². The second-order valence-corrected chi connectivity index (χ2v) is 20.3. The summed E-state index contributed by atoms with van der Waals surface area (Å²) in [4.78, 5) is 95.5. The van der Waals surface area contributed by atoms with Gasteiger partial charge in [-0.15, -0.1) is 0 Å². The number of rotatable bonds is 15. The number of imide groups is 1. The lowest BCUT2D eigenvalue weighted by Gasteiger charge is -2.70. The van der Waals surface area contributed by atoms with Crippen LogP contribution in [0.4, 0.5) is 0 Å². The monoisotopic (exact) mass is 1000 g/mol. The van der Waals surface area contributed by atoms with Crippen molar-refractivity contribution in [2.75, 3.05) is 33.9 Å². The molecule has 6 fully saturated rings. The summed E-state index contributed by atoms with van der Waals surface area (Å²) in [6, 6.07) is 2.38. The highest BCUT2D eigenvalue weighted by molar-refractivity contribution is 6.31. The zero-order chi connectivity index (χ0) is 51.3. The molecule has 72 heavy (non-hydrogen) atoms. The van der Waals surface area contributed by atoms with E-state index in [1.807, 2.05) is 6.92 Å². The van der Waals surface area contributed by atoms with Crippen LogP contribution in [0.3, 0.4) is 0 Å². The van der Waals surface area contributed by atoms with E-state index in [1.165, 1.54) is 46.3 Å². The summed E-state index contributed by atoms with van der Waals surface area (Å²) in [6.07, 6.45) is -3.72. The molecule has 23 nitrogen and oxygen atoms in total. The normalized spacial score (nSPS) is 33.3. The number of phenols is 2. The third-order valence-electron chi connectivity index (χ3n) is 15.5. The number of hydrogen-bond acceptors (Lipinski definition) is 19. The first-order valence-electron chi connectivity index (χ1n) is 24.1. The van der Waals surface area contributed by atoms with Crippen LogP contribution in [0.15, 0.2) is 30.4 Å². The number of nitrogens with one attached hydrogen (secondary N) is 4. The first-order chi connectivity index (χ1) is 34.2. The maximum Gasteiger partial charge on any atom is 0.253 e. The number of ether oxygens (including phenoxy) is 6. The molecule has 11 rings (SSSR count). The van der Waals surface area contributed by atoms with E-state index in [0.717, 1.165) is 17.1 Å². The summed E-state index contributed by atoms with van der Waals surface area (Å²) >= 11 is 0. The van der Waals surface area contributed by atoms with Crippen LogP contribution in [0.5, 0.6) is 17.2 Å². The Labute approximate surface area is 412 Å².